The number of methoxy groups -OCH3 is 1. The van der Waals surface area contributed by atoms with E-state index in [1.807, 2.05) is 0 Å². The fraction of sp³-hybridized carbons (Fsp3) is 0.562. The summed E-state index contributed by atoms with van der Waals surface area (Å²) in [4.78, 5) is 4.59. The minimum Gasteiger partial charge on any atom is -0.381 e. The van der Waals surface area contributed by atoms with Gasteiger partial charge in [0.15, 0.2) is 5.96 Å². The van der Waals surface area contributed by atoms with Crippen LogP contribution in [0.2, 0.25) is 0 Å². The van der Waals surface area contributed by atoms with Crippen LogP contribution in [0.5, 0.6) is 0 Å². The third kappa shape index (κ3) is 4.10. The molecule has 1 fully saturated rings. The van der Waals surface area contributed by atoms with Crippen molar-refractivity contribution in [2.24, 2.45) is 16.1 Å². The van der Waals surface area contributed by atoms with Crippen LogP contribution in [-0.2, 0) is 4.74 Å². The number of hydrogen-bond donors (Lipinski definition) is 2. The molecule has 1 saturated carbocycles. The standard InChI is InChI=1S/C16H25N3O.HI/c1-10-6-11(2)8-12(7-10)18-15(17)19-13-9-14(20-5)16(13,3)4;/h6-8,13-14H,9H2,1-5H3,(H3,17,18,19);1H. The van der Waals surface area contributed by atoms with Gasteiger partial charge in [-0.15, -0.1) is 24.0 Å². The minimum absolute atomic E-state index is 0. The van der Waals surface area contributed by atoms with Gasteiger partial charge in [0.1, 0.15) is 0 Å². The Labute approximate surface area is 144 Å². The molecule has 4 nitrogen and oxygen atoms in total. The summed E-state index contributed by atoms with van der Waals surface area (Å²) in [5, 5.41) is 3.18. The Kier molecular flexibility index (Phi) is 6.04. The highest BCUT2D eigenvalue weighted by atomic mass is 127. The van der Waals surface area contributed by atoms with E-state index in [0.29, 0.717) is 5.96 Å². The van der Waals surface area contributed by atoms with E-state index in [4.69, 9.17) is 10.5 Å². The number of anilines is 1. The van der Waals surface area contributed by atoms with Crippen LogP contribution in [0.3, 0.4) is 0 Å². The Morgan fingerprint density at radius 1 is 1.29 bits per heavy atom. The SMILES string of the molecule is COC1CC(N=C(N)Nc2cc(C)cc(C)c2)C1(C)C.I. The first-order chi connectivity index (χ1) is 9.32. The summed E-state index contributed by atoms with van der Waals surface area (Å²) < 4.78 is 5.43. The number of guanidine groups is 1. The van der Waals surface area contributed by atoms with Gasteiger partial charge < -0.3 is 15.8 Å². The van der Waals surface area contributed by atoms with Crippen molar-refractivity contribution in [2.75, 3.05) is 12.4 Å². The number of benzene rings is 1. The monoisotopic (exact) mass is 403 g/mol. The molecule has 0 aromatic heterocycles. The van der Waals surface area contributed by atoms with Gasteiger partial charge in [-0.05, 0) is 43.5 Å². The van der Waals surface area contributed by atoms with Crippen LogP contribution in [-0.4, -0.2) is 25.2 Å². The highest BCUT2D eigenvalue weighted by Gasteiger charge is 2.48. The van der Waals surface area contributed by atoms with Crippen molar-refractivity contribution >= 4 is 35.6 Å². The van der Waals surface area contributed by atoms with Crippen LogP contribution in [0.25, 0.3) is 0 Å². The van der Waals surface area contributed by atoms with Crippen molar-refractivity contribution in [1.82, 2.24) is 0 Å². The molecule has 2 unspecified atom stereocenters. The fourth-order valence-electron chi connectivity index (χ4n) is 2.88. The van der Waals surface area contributed by atoms with Crippen molar-refractivity contribution in [3.05, 3.63) is 29.3 Å². The number of aryl methyl sites for hydroxylation is 2. The lowest BCUT2D eigenvalue weighted by molar-refractivity contribution is -0.0850. The maximum atomic E-state index is 6.02. The molecule has 0 amide bonds. The Morgan fingerprint density at radius 2 is 1.86 bits per heavy atom. The lowest BCUT2D eigenvalue weighted by atomic mass is 9.65. The van der Waals surface area contributed by atoms with Gasteiger partial charge in [-0.1, -0.05) is 19.9 Å². The zero-order chi connectivity index (χ0) is 14.9. The molecule has 3 N–H and O–H groups in total. The van der Waals surface area contributed by atoms with E-state index in [2.05, 4.69) is 56.2 Å². The van der Waals surface area contributed by atoms with E-state index in [-0.39, 0.29) is 41.5 Å². The second-order valence-corrected chi connectivity index (χ2v) is 6.31. The Balaban J connectivity index is 0.00000220. The third-order valence-corrected chi connectivity index (χ3v) is 4.20. The molecule has 0 spiro atoms. The second-order valence-electron chi connectivity index (χ2n) is 6.31. The van der Waals surface area contributed by atoms with Gasteiger partial charge in [0.25, 0.3) is 0 Å². The van der Waals surface area contributed by atoms with Crippen molar-refractivity contribution in [2.45, 2.75) is 46.3 Å². The van der Waals surface area contributed by atoms with E-state index in [1.165, 1.54) is 11.1 Å². The molecule has 2 rings (SSSR count). The first kappa shape index (κ1) is 18.2. The van der Waals surface area contributed by atoms with Crippen molar-refractivity contribution in [1.29, 1.82) is 0 Å². The minimum atomic E-state index is 0. The highest BCUT2D eigenvalue weighted by Crippen LogP contribution is 2.44. The number of nitrogens with zero attached hydrogens (tertiary/aromatic N) is 1. The summed E-state index contributed by atoms with van der Waals surface area (Å²) in [7, 11) is 1.75. The molecule has 1 aromatic rings. The molecule has 5 heteroatoms. The quantitative estimate of drug-likeness (QED) is 0.462. The van der Waals surface area contributed by atoms with Crippen LogP contribution in [0.15, 0.2) is 23.2 Å². The molecule has 1 aliphatic rings. The van der Waals surface area contributed by atoms with Crippen LogP contribution < -0.4 is 11.1 Å². The van der Waals surface area contributed by atoms with E-state index in [0.717, 1.165) is 12.1 Å². The van der Waals surface area contributed by atoms with Gasteiger partial charge in [0.2, 0.25) is 0 Å². The van der Waals surface area contributed by atoms with Crippen molar-refractivity contribution in [3.63, 3.8) is 0 Å². The molecule has 1 aromatic carbocycles. The smallest absolute Gasteiger partial charge is 0.193 e. The molecule has 1 aliphatic carbocycles. The zero-order valence-corrected chi connectivity index (χ0v) is 15.8. The van der Waals surface area contributed by atoms with Crippen molar-refractivity contribution < 1.29 is 4.74 Å². The lowest BCUT2D eigenvalue weighted by Gasteiger charge is -2.48. The third-order valence-electron chi connectivity index (χ3n) is 4.20. The van der Waals surface area contributed by atoms with Crippen LogP contribution in [0.1, 0.15) is 31.4 Å². The van der Waals surface area contributed by atoms with Gasteiger partial charge in [0, 0.05) is 18.2 Å². The van der Waals surface area contributed by atoms with Crippen LogP contribution in [0, 0.1) is 19.3 Å². The van der Waals surface area contributed by atoms with E-state index in [9.17, 15) is 0 Å². The zero-order valence-electron chi connectivity index (χ0n) is 13.4. The topological polar surface area (TPSA) is 59.6 Å². The molecule has 0 heterocycles. The summed E-state index contributed by atoms with van der Waals surface area (Å²) in [6.45, 7) is 8.49. The fourth-order valence-corrected chi connectivity index (χ4v) is 2.88. The van der Waals surface area contributed by atoms with Crippen molar-refractivity contribution in [3.8, 4) is 0 Å². The van der Waals surface area contributed by atoms with E-state index >= 15 is 0 Å². The number of nitrogens with one attached hydrogen (secondary N) is 1. The highest BCUT2D eigenvalue weighted by molar-refractivity contribution is 14.0. The predicted octanol–water partition coefficient (Wildman–Crippen LogP) is 3.46. The maximum absolute atomic E-state index is 6.02. The van der Waals surface area contributed by atoms with E-state index in [1.54, 1.807) is 7.11 Å². The van der Waals surface area contributed by atoms with Gasteiger partial charge in [0.05, 0.1) is 12.1 Å². The molecule has 2 atom stereocenters. The van der Waals surface area contributed by atoms with Gasteiger partial charge >= 0.3 is 0 Å². The summed E-state index contributed by atoms with van der Waals surface area (Å²) in [6, 6.07) is 6.49. The molecule has 0 aliphatic heterocycles. The molecule has 0 saturated heterocycles. The first-order valence-corrected chi connectivity index (χ1v) is 7.04. The van der Waals surface area contributed by atoms with Gasteiger partial charge in [-0.2, -0.15) is 0 Å². The Hall–Kier alpha value is -0.820. The Bertz CT molecular complexity index is 508. The maximum Gasteiger partial charge on any atom is 0.193 e. The summed E-state index contributed by atoms with van der Waals surface area (Å²) in [6.07, 6.45) is 1.20. The number of ether oxygens (including phenoxy) is 1. The predicted molar refractivity (Wildman–Crippen MR) is 99.6 cm³/mol. The Morgan fingerprint density at radius 3 is 2.33 bits per heavy atom. The number of nitrogens with two attached hydrogens (primary N) is 1. The summed E-state index contributed by atoms with van der Waals surface area (Å²) in [5.74, 6) is 0.475. The van der Waals surface area contributed by atoms with E-state index < -0.39 is 0 Å². The summed E-state index contributed by atoms with van der Waals surface area (Å²) >= 11 is 0. The normalized spacial score (nSPS) is 24.0. The molecule has 21 heavy (non-hydrogen) atoms. The molecular weight excluding hydrogens is 377 g/mol. The van der Waals surface area contributed by atoms with Crippen LogP contribution >= 0.6 is 24.0 Å². The average molecular weight is 403 g/mol. The van der Waals surface area contributed by atoms with Crippen LogP contribution in [0.4, 0.5) is 5.69 Å². The molecular formula is C16H26IN3O. The van der Waals surface area contributed by atoms with Gasteiger partial charge in [-0.3, -0.25) is 0 Å². The number of hydrogen-bond acceptors (Lipinski definition) is 2. The number of halogens is 1. The second kappa shape index (κ2) is 6.96. The molecule has 0 radical (unpaired) electrons. The van der Waals surface area contributed by atoms with Gasteiger partial charge in [-0.25, -0.2) is 4.99 Å². The molecule has 0 bridgehead atoms. The average Bonchev–Trinajstić information content (AvgIpc) is 2.32. The molecule has 118 valence electrons. The first-order valence-electron chi connectivity index (χ1n) is 7.04. The number of aliphatic imine (C=N–C) groups is 1. The largest absolute Gasteiger partial charge is 0.381 e. The lowest BCUT2D eigenvalue weighted by Crippen LogP contribution is -2.54. The number of rotatable bonds is 3. The summed E-state index contributed by atoms with van der Waals surface area (Å²) in [5.41, 5.74) is 9.48.